The summed E-state index contributed by atoms with van der Waals surface area (Å²) in [5.74, 6) is 0.759. The number of rotatable bonds is 3. The Morgan fingerprint density at radius 2 is 1.83 bits per heavy atom. The second kappa shape index (κ2) is 5.05. The molecule has 1 aliphatic rings. The predicted molar refractivity (Wildman–Crippen MR) is 78.5 cm³/mol. The van der Waals surface area contributed by atoms with Crippen molar-refractivity contribution in [3.8, 4) is 0 Å². The average Bonchev–Trinajstić information content (AvgIpc) is 2.24. The fraction of sp³-hybridized carbons (Fsp3) is 0.647. The van der Waals surface area contributed by atoms with Crippen LogP contribution >= 0.6 is 0 Å². The molecule has 0 amide bonds. The molecular formula is C17H27N. The van der Waals surface area contributed by atoms with Gasteiger partial charge in [0.05, 0.1) is 0 Å². The van der Waals surface area contributed by atoms with Crippen molar-refractivity contribution in [1.29, 1.82) is 0 Å². The Hall–Kier alpha value is -0.820. The van der Waals surface area contributed by atoms with Gasteiger partial charge in [0, 0.05) is 5.54 Å². The molecule has 1 fully saturated rings. The van der Waals surface area contributed by atoms with Gasteiger partial charge in [0.1, 0.15) is 0 Å². The van der Waals surface area contributed by atoms with E-state index in [2.05, 4.69) is 51.1 Å². The minimum atomic E-state index is 0.0387. The number of hydrogen-bond acceptors (Lipinski definition) is 1. The molecule has 1 aliphatic carbocycles. The summed E-state index contributed by atoms with van der Waals surface area (Å²) < 4.78 is 0. The summed E-state index contributed by atoms with van der Waals surface area (Å²) in [6.45, 7) is 7.09. The van der Waals surface area contributed by atoms with Gasteiger partial charge in [0.2, 0.25) is 0 Å². The normalized spacial score (nSPS) is 31.2. The van der Waals surface area contributed by atoms with E-state index in [0.717, 1.165) is 25.2 Å². The van der Waals surface area contributed by atoms with Gasteiger partial charge in [-0.3, -0.25) is 0 Å². The highest BCUT2D eigenvalue weighted by Gasteiger charge is 2.39. The lowest BCUT2D eigenvalue weighted by Gasteiger charge is -2.46. The third-order valence-corrected chi connectivity index (χ3v) is 4.24. The first-order valence-electron chi connectivity index (χ1n) is 7.21. The molecule has 0 heterocycles. The standard InChI is InChI=1S/C17H27N/c1-14-11-16(2,3)13-17(18,12-14)10-9-15-7-5-4-6-8-15/h4-8,14H,9-13,18H2,1-3H3. The lowest BCUT2D eigenvalue weighted by atomic mass is 9.63. The van der Waals surface area contributed by atoms with Crippen molar-refractivity contribution < 1.29 is 0 Å². The van der Waals surface area contributed by atoms with E-state index in [1.807, 2.05) is 0 Å². The van der Waals surface area contributed by atoms with Gasteiger partial charge in [0.15, 0.2) is 0 Å². The molecule has 1 aromatic carbocycles. The maximum absolute atomic E-state index is 6.67. The summed E-state index contributed by atoms with van der Waals surface area (Å²) in [6.07, 6.45) is 5.89. The number of nitrogens with two attached hydrogens (primary N) is 1. The van der Waals surface area contributed by atoms with Gasteiger partial charge in [-0.1, -0.05) is 51.1 Å². The molecule has 2 rings (SSSR count). The molecule has 0 aliphatic heterocycles. The van der Waals surface area contributed by atoms with Gasteiger partial charge >= 0.3 is 0 Å². The fourth-order valence-electron chi connectivity index (χ4n) is 4.04. The summed E-state index contributed by atoms with van der Waals surface area (Å²) in [5.41, 5.74) is 8.53. The van der Waals surface area contributed by atoms with Gasteiger partial charge in [-0.2, -0.15) is 0 Å². The van der Waals surface area contributed by atoms with Gasteiger partial charge in [-0.25, -0.2) is 0 Å². The van der Waals surface area contributed by atoms with Crippen molar-refractivity contribution in [3.05, 3.63) is 35.9 Å². The molecule has 0 radical (unpaired) electrons. The monoisotopic (exact) mass is 245 g/mol. The zero-order valence-electron chi connectivity index (χ0n) is 12.1. The molecule has 18 heavy (non-hydrogen) atoms. The third kappa shape index (κ3) is 3.58. The second-order valence-corrected chi connectivity index (χ2v) is 7.20. The Labute approximate surface area is 112 Å². The zero-order valence-corrected chi connectivity index (χ0v) is 12.1. The Balaban J connectivity index is 1.99. The Kier molecular flexibility index (Phi) is 3.82. The number of hydrogen-bond donors (Lipinski definition) is 1. The molecule has 2 N–H and O–H groups in total. The van der Waals surface area contributed by atoms with Crippen LogP contribution in [-0.2, 0) is 6.42 Å². The van der Waals surface area contributed by atoms with Crippen molar-refractivity contribution in [2.75, 3.05) is 0 Å². The van der Waals surface area contributed by atoms with Crippen LogP contribution in [0.1, 0.15) is 52.0 Å². The molecule has 1 nitrogen and oxygen atoms in total. The van der Waals surface area contributed by atoms with Crippen molar-refractivity contribution in [2.24, 2.45) is 17.1 Å². The highest BCUT2D eigenvalue weighted by atomic mass is 14.8. The number of benzene rings is 1. The summed E-state index contributed by atoms with van der Waals surface area (Å²) >= 11 is 0. The molecule has 0 saturated heterocycles. The van der Waals surface area contributed by atoms with E-state index in [9.17, 15) is 0 Å². The van der Waals surface area contributed by atoms with Gasteiger partial charge in [-0.05, 0) is 49.0 Å². The molecule has 0 spiro atoms. The van der Waals surface area contributed by atoms with Crippen LogP contribution in [-0.4, -0.2) is 5.54 Å². The van der Waals surface area contributed by atoms with Crippen LogP contribution in [0, 0.1) is 11.3 Å². The molecular weight excluding hydrogens is 218 g/mol. The van der Waals surface area contributed by atoms with Crippen LogP contribution in [0.25, 0.3) is 0 Å². The Bertz CT molecular complexity index is 382. The van der Waals surface area contributed by atoms with Gasteiger partial charge < -0.3 is 5.73 Å². The van der Waals surface area contributed by atoms with Gasteiger partial charge in [0.25, 0.3) is 0 Å². The summed E-state index contributed by atoms with van der Waals surface area (Å²) in [7, 11) is 0. The minimum absolute atomic E-state index is 0.0387. The summed E-state index contributed by atoms with van der Waals surface area (Å²) in [6, 6.07) is 10.7. The van der Waals surface area contributed by atoms with Crippen LogP contribution in [0.5, 0.6) is 0 Å². The largest absolute Gasteiger partial charge is 0.325 e. The minimum Gasteiger partial charge on any atom is -0.325 e. The van der Waals surface area contributed by atoms with Gasteiger partial charge in [-0.15, -0.1) is 0 Å². The molecule has 1 heteroatoms. The van der Waals surface area contributed by atoms with Crippen molar-refractivity contribution in [2.45, 2.75) is 58.4 Å². The molecule has 1 aromatic rings. The lowest BCUT2D eigenvalue weighted by molar-refractivity contribution is 0.102. The highest BCUT2D eigenvalue weighted by molar-refractivity contribution is 5.15. The topological polar surface area (TPSA) is 26.0 Å². The zero-order chi connectivity index (χ0) is 13.2. The van der Waals surface area contributed by atoms with Crippen LogP contribution in [0.4, 0.5) is 0 Å². The fourth-order valence-corrected chi connectivity index (χ4v) is 4.04. The predicted octanol–water partition coefficient (Wildman–Crippen LogP) is 4.16. The lowest BCUT2D eigenvalue weighted by Crippen LogP contribution is -2.49. The third-order valence-electron chi connectivity index (χ3n) is 4.24. The van der Waals surface area contributed by atoms with E-state index in [1.54, 1.807) is 0 Å². The summed E-state index contributed by atoms with van der Waals surface area (Å²) in [4.78, 5) is 0. The number of aryl methyl sites for hydroxylation is 1. The van der Waals surface area contributed by atoms with E-state index in [1.165, 1.54) is 18.4 Å². The first-order valence-corrected chi connectivity index (χ1v) is 7.21. The van der Waals surface area contributed by atoms with Crippen molar-refractivity contribution in [1.82, 2.24) is 0 Å². The molecule has 0 aromatic heterocycles. The molecule has 2 atom stereocenters. The van der Waals surface area contributed by atoms with E-state index in [-0.39, 0.29) is 5.54 Å². The van der Waals surface area contributed by atoms with E-state index in [0.29, 0.717) is 5.41 Å². The summed E-state index contributed by atoms with van der Waals surface area (Å²) in [5, 5.41) is 0. The van der Waals surface area contributed by atoms with Crippen LogP contribution in [0.2, 0.25) is 0 Å². The first-order chi connectivity index (χ1) is 8.39. The first kappa shape index (κ1) is 13.6. The Morgan fingerprint density at radius 1 is 1.17 bits per heavy atom. The van der Waals surface area contributed by atoms with E-state index < -0.39 is 0 Å². The maximum Gasteiger partial charge on any atom is 0.0165 e. The van der Waals surface area contributed by atoms with E-state index in [4.69, 9.17) is 5.73 Å². The Morgan fingerprint density at radius 3 is 2.44 bits per heavy atom. The quantitative estimate of drug-likeness (QED) is 0.850. The average molecular weight is 245 g/mol. The molecule has 100 valence electrons. The molecule has 1 saturated carbocycles. The van der Waals surface area contributed by atoms with Crippen LogP contribution < -0.4 is 5.73 Å². The maximum atomic E-state index is 6.67. The second-order valence-electron chi connectivity index (χ2n) is 7.20. The molecule has 2 unspecified atom stereocenters. The smallest absolute Gasteiger partial charge is 0.0165 e. The SMILES string of the molecule is CC1CC(C)(C)CC(N)(CCc2ccccc2)C1. The van der Waals surface area contributed by atoms with Crippen LogP contribution in [0.3, 0.4) is 0 Å². The molecule has 0 bridgehead atoms. The van der Waals surface area contributed by atoms with E-state index >= 15 is 0 Å². The van der Waals surface area contributed by atoms with Crippen molar-refractivity contribution in [3.63, 3.8) is 0 Å². The van der Waals surface area contributed by atoms with Crippen molar-refractivity contribution >= 4 is 0 Å². The highest BCUT2D eigenvalue weighted by Crippen LogP contribution is 2.44. The van der Waals surface area contributed by atoms with Crippen LogP contribution in [0.15, 0.2) is 30.3 Å².